The Morgan fingerprint density at radius 2 is 1.93 bits per heavy atom. The zero-order chi connectivity index (χ0) is 9.43. The normalized spacial score (nSPS) is 32.6. The van der Waals surface area contributed by atoms with Gasteiger partial charge in [0.05, 0.1) is 0 Å². The van der Waals surface area contributed by atoms with E-state index in [0.717, 1.165) is 5.92 Å². The minimum Gasteiger partial charge on any atom is -0.317 e. The quantitative estimate of drug-likeness (QED) is 0.718. The lowest BCUT2D eigenvalue weighted by atomic mass is 9.85. The van der Waals surface area contributed by atoms with Crippen molar-refractivity contribution in [3.05, 3.63) is 0 Å². The second-order valence-corrected chi connectivity index (χ2v) is 5.47. The van der Waals surface area contributed by atoms with E-state index in [0.29, 0.717) is 5.54 Å². The maximum atomic E-state index is 3.50. The van der Waals surface area contributed by atoms with Crippen molar-refractivity contribution in [2.24, 2.45) is 5.92 Å². The fraction of sp³-hybridized carbons (Fsp3) is 1.00. The van der Waals surface area contributed by atoms with E-state index in [-0.39, 0.29) is 0 Å². The van der Waals surface area contributed by atoms with Gasteiger partial charge in [-0.05, 0) is 64.1 Å². The Morgan fingerprint density at radius 3 is 2.64 bits per heavy atom. The van der Waals surface area contributed by atoms with Crippen LogP contribution in [0.3, 0.4) is 0 Å². The van der Waals surface area contributed by atoms with Crippen molar-refractivity contribution in [2.75, 3.05) is 26.2 Å². The highest BCUT2D eigenvalue weighted by Crippen LogP contribution is 2.40. The van der Waals surface area contributed by atoms with Gasteiger partial charge < -0.3 is 5.32 Å². The second kappa shape index (κ2) is 3.49. The first-order chi connectivity index (χ1) is 6.89. The molecule has 0 radical (unpaired) electrons. The van der Waals surface area contributed by atoms with Gasteiger partial charge in [0.15, 0.2) is 0 Å². The van der Waals surface area contributed by atoms with E-state index in [1.165, 1.54) is 64.7 Å². The van der Waals surface area contributed by atoms with E-state index in [1.54, 1.807) is 0 Å². The number of rotatable bonds is 2. The zero-order valence-corrected chi connectivity index (χ0v) is 9.10. The fourth-order valence-electron chi connectivity index (χ4n) is 3.35. The Labute approximate surface area is 87.0 Å². The molecule has 3 fully saturated rings. The summed E-state index contributed by atoms with van der Waals surface area (Å²) in [6.45, 7) is 5.30. The van der Waals surface area contributed by atoms with Gasteiger partial charge in [-0.25, -0.2) is 0 Å². The predicted molar refractivity (Wildman–Crippen MR) is 58.4 cm³/mol. The molecule has 2 saturated heterocycles. The van der Waals surface area contributed by atoms with Crippen molar-refractivity contribution in [3.8, 4) is 0 Å². The van der Waals surface area contributed by atoms with Gasteiger partial charge in [-0.1, -0.05) is 0 Å². The fourth-order valence-corrected chi connectivity index (χ4v) is 3.35. The molecule has 0 atom stereocenters. The van der Waals surface area contributed by atoms with Crippen molar-refractivity contribution in [3.63, 3.8) is 0 Å². The highest BCUT2D eigenvalue weighted by molar-refractivity contribution is 5.00. The molecule has 0 amide bonds. The average Bonchev–Trinajstić information content (AvgIpc) is 2.95. The Balaban J connectivity index is 1.68. The van der Waals surface area contributed by atoms with Crippen LogP contribution in [0.25, 0.3) is 0 Å². The first-order valence-electron chi connectivity index (χ1n) is 6.35. The highest BCUT2D eigenvalue weighted by atomic mass is 15.2. The molecular weight excluding hydrogens is 172 g/mol. The van der Waals surface area contributed by atoms with Gasteiger partial charge in [0.2, 0.25) is 0 Å². The molecule has 1 saturated carbocycles. The smallest absolute Gasteiger partial charge is 0.0234 e. The standard InChI is InChI=1S/C12H22N2/c1-4-12(5-7-13-8-6-12)14(9-1)10-11-2-3-11/h11,13H,1-10H2. The minimum atomic E-state index is 0.633. The van der Waals surface area contributed by atoms with Crippen molar-refractivity contribution >= 4 is 0 Å². The molecule has 3 aliphatic rings. The summed E-state index contributed by atoms with van der Waals surface area (Å²) in [5.41, 5.74) is 0.633. The summed E-state index contributed by atoms with van der Waals surface area (Å²) in [5.74, 6) is 1.07. The van der Waals surface area contributed by atoms with E-state index < -0.39 is 0 Å². The van der Waals surface area contributed by atoms with Crippen LogP contribution in [-0.2, 0) is 0 Å². The van der Waals surface area contributed by atoms with Crippen LogP contribution in [-0.4, -0.2) is 36.6 Å². The number of nitrogens with zero attached hydrogens (tertiary/aromatic N) is 1. The van der Waals surface area contributed by atoms with Gasteiger partial charge in [0.25, 0.3) is 0 Å². The Bertz CT molecular complexity index is 204. The molecule has 2 nitrogen and oxygen atoms in total. The number of likely N-dealkylation sites (tertiary alicyclic amines) is 1. The summed E-state index contributed by atoms with van der Waals surface area (Å²) in [6.07, 6.45) is 8.74. The van der Waals surface area contributed by atoms with Crippen molar-refractivity contribution in [1.82, 2.24) is 10.2 Å². The summed E-state index contributed by atoms with van der Waals surface area (Å²) in [5, 5.41) is 3.50. The molecule has 0 aromatic rings. The van der Waals surface area contributed by atoms with E-state index in [2.05, 4.69) is 10.2 Å². The van der Waals surface area contributed by atoms with Crippen LogP contribution in [0.2, 0.25) is 0 Å². The Kier molecular flexibility index (Phi) is 2.29. The Morgan fingerprint density at radius 1 is 1.14 bits per heavy atom. The lowest BCUT2D eigenvalue weighted by Crippen LogP contribution is -2.51. The molecule has 3 rings (SSSR count). The first-order valence-corrected chi connectivity index (χ1v) is 6.35. The van der Waals surface area contributed by atoms with Crippen molar-refractivity contribution in [2.45, 2.75) is 44.1 Å². The van der Waals surface area contributed by atoms with Gasteiger partial charge in [0, 0.05) is 12.1 Å². The highest BCUT2D eigenvalue weighted by Gasteiger charge is 2.42. The van der Waals surface area contributed by atoms with E-state index in [1.807, 2.05) is 0 Å². The number of hydrogen-bond donors (Lipinski definition) is 1. The molecule has 0 aromatic carbocycles. The maximum absolute atomic E-state index is 3.50. The molecule has 0 unspecified atom stereocenters. The number of piperidine rings is 1. The number of nitrogens with one attached hydrogen (secondary N) is 1. The van der Waals surface area contributed by atoms with Crippen LogP contribution in [0.4, 0.5) is 0 Å². The molecule has 2 heterocycles. The third kappa shape index (κ3) is 1.59. The van der Waals surface area contributed by atoms with Gasteiger partial charge in [0.1, 0.15) is 0 Å². The first kappa shape index (κ1) is 9.17. The summed E-state index contributed by atoms with van der Waals surface area (Å²) in [4.78, 5) is 2.84. The lowest BCUT2D eigenvalue weighted by molar-refractivity contribution is 0.0952. The third-order valence-corrected chi connectivity index (χ3v) is 4.45. The summed E-state index contributed by atoms with van der Waals surface area (Å²) < 4.78 is 0. The molecule has 80 valence electrons. The zero-order valence-electron chi connectivity index (χ0n) is 9.10. The average molecular weight is 194 g/mol. The largest absolute Gasteiger partial charge is 0.317 e. The second-order valence-electron chi connectivity index (χ2n) is 5.47. The van der Waals surface area contributed by atoms with Gasteiger partial charge >= 0.3 is 0 Å². The number of hydrogen-bond acceptors (Lipinski definition) is 2. The molecule has 1 aliphatic carbocycles. The van der Waals surface area contributed by atoms with E-state index in [9.17, 15) is 0 Å². The van der Waals surface area contributed by atoms with E-state index in [4.69, 9.17) is 0 Å². The van der Waals surface area contributed by atoms with Crippen LogP contribution in [0.5, 0.6) is 0 Å². The maximum Gasteiger partial charge on any atom is 0.0234 e. The molecule has 0 bridgehead atoms. The van der Waals surface area contributed by atoms with Crippen LogP contribution in [0, 0.1) is 5.92 Å². The summed E-state index contributed by atoms with van der Waals surface area (Å²) in [6, 6.07) is 0. The van der Waals surface area contributed by atoms with Crippen LogP contribution >= 0.6 is 0 Å². The molecule has 14 heavy (non-hydrogen) atoms. The van der Waals surface area contributed by atoms with Crippen LogP contribution in [0.1, 0.15) is 38.5 Å². The third-order valence-electron chi connectivity index (χ3n) is 4.45. The summed E-state index contributed by atoms with van der Waals surface area (Å²) in [7, 11) is 0. The SMILES string of the molecule is C1CN(CC2CC2)C2(C1)CCNCC2. The van der Waals surface area contributed by atoms with Crippen LogP contribution in [0.15, 0.2) is 0 Å². The van der Waals surface area contributed by atoms with Gasteiger partial charge in [-0.3, -0.25) is 4.90 Å². The molecule has 1 spiro atoms. The molecule has 1 N–H and O–H groups in total. The topological polar surface area (TPSA) is 15.3 Å². The monoisotopic (exact) mass is 194 g/mol. The van der Waals surface area contributed by atoms with Gasteiger partial charge in [-0.2, -0.15) is 0 Å². The molecule has 2 heteroatoms. The Hall–Kier alpha value is -0.0800. The van der Waals surface area contributed by atoms with Crippen molar-refractivity contribution in [1.29, 1.82) is 0 Å². The minimum absolute atomic E-state index is 0.633. The molecular formula is C12H22N2. The predicted octanol–water partition coefficient (Wildman–Crippen LogP) is 1.61. The summed E-state index contributed by atoms with van der Waals surface area (Å²) >= 11 is 0. The van der Waals surface area contributed by atoms with Crippen molar-refractivity contribution < 1.29 is 0 Å². The molecule has 0 aromatic heterocycles. The van der Waals surface area contributed by atoms with Gasteiger partial charge in [-0.15, -0.1) is 0 Å². The van der Waals surface area contributed by atoms with Crippen LogP contribution < -0.4 is 5.32 Å². The molecule has 2 aliphatic heterocycles. The lowest BCUT2D eigenvalue weighted by Gasteiger charge is -2.42. The van der Waals surface area contributed by atoms with E-state index >= 15 is 0 Å².